The summed E-state index contributed by atoms with van der Waals surface area (Å²) in [6.07, 6.45) is 1.24. The molecule has 0 saturated heterocycles. The maximum absolute atomic E-state index is 10.6. The predicted octanol–water partition coefficient (Wildman–Crippen LogP) is 3.37. The minimum absolute atomic E-state index is 0.132. The van der Waals surface area contributed by atoms with Gasteiger partial charge in [-0.25, -0.2) is 0 Å². The fourth-order valence-electron chi connectivity index (χ4n) is 1.43. The van der Waals surface area contributed by atoms with Crippen LogP contribution in [0.25, 0.3) is 11.0 Å². The lowest BCUT2D eigenvalue weighted by atomic mass is 10.1. The maximum Gasteiger partial charge on any atom is 0.307 e. The molecular formula is C10H6Cl2O3. The molecule has 0 fully saturated rings. The van der Waals surface area contributed by atoms with Crippen molar-refractivity contribution in [3.05, 3.63) is 34.0 Å². The van der Waals surface area contributed by atoms with Gasteiger partial charge in [0, 0.05) is 10.9 Å². The van der Waals surface area contributed by atoms with Gasteiger partial charge in [-0.05, 0) is 12.1 Å². The van der Waals surface area contributed by atoms with Crippen molar-refractivity contribution in [2.24, 2.45) is 0 Å². The third kappa shape index (κ3) is 1.80. The predicted molar refractivity (Wildman–Crippen MR) is 57.6 cm³/mol. The lowest BCUT2D eigenvalue weighted by Crippen LogP contribution is -1.98. The Labute approximate surface area is 95.2 Å². The molecule has 0 aliphatic carbocycles. The van der Waals surface area contributed by atoms with Crippen LogP contribution >= 0.6 is 23.2 Å². The highest BCUT2D eigenvalue weighted by atomic mass is 35.5. The molecule has 78 valence electrons. The zero-order valence-electron chi connectivity index (χ0n) is 7.46. The van der Waals surface area contributed by atoms with Gasteiger partial charge in [0.25, 0.3) is 0 Å². The summed E-state index contributed by atoms with van der Waals surface area (Å²) in [5.74, 6) is -0.936. The Hall–Kier alpha value is -1.19. The molecule has 0 spiro atoms. The van der Waals surface area contributed by atoms with Crippen molar-refractivity contribution in [2.45, 2.75) is 6.42 Å². The van der Waals surface area contributed by atoms with E-state index in [-0.39, 0.29) is 6.42 Å². The van der Waals surface area contributed by atoms with Gasteiger partial charge in [-0.3, -0.25) is 4.79 Å². The number of furan rings is 1. The lowest BCUT2D eigenvalue weighted by Gasteiger charge is -1.97. The third-order valence-electron chi connectivity index (χ3n) is 2.04. The molecule has 1 aromatic carbocycles. The number of carboxylic acid groups (broad SMARTS) is 1. The number of rotatable bonds is 2. The molecule has 0 atom stereocenters. The molecule has 3 nitrogen and oxygen atoms in total. The fraction of sp³-hybridized carbons (Fsp3) is 0.100. The summed E-state index contributed by atoms with van der Waals surface area (Å²) in [5, 5.41) is 10.1. The van der Waals surface area contributed by atoms with Gasteiger partial charge >= 0.3 is 5.97 Å². The molecule has 0 unspecified atom stereocenters. The monoisotopic (exact) mass is 244 g/mol. The van der Waals surface area contributed by atoms with Crippen LogP contribution in [0.15, 0.2) is 22.8 Å². The number of hydrogen-bond acceptors (Lipinski definition) is 2. The number of fused-ring (bicyclic) bond motifs is 1. The first-order chi connectivity index (χ1) is 7.09. The van der Waals surface area contributed by atoms with E-state index in [4.69, 9.17) is 32.7 Å². The van der Waals surface area contributed by atoms with Crippen LogP contribution in [-0.2, 0) is 11.2 Å². The van der Waals surface area contributed by atoms with E-state index in [1.165, 1.54) is 6.26 Å². The highest BCUT2D eigenvalue weighted by Gasteiger charge is 2.14. The van der Waals surface area contributed by atoms with E-state index in [2.05, 4.69) is 0 Å². The summed E-state index contributed by atoms with van der Waals surface area (Å²) in [6, 6.07) is 3.23. The first-order valence-electron chi connectivity index (χ1n) is 4.15. The summed E-state index contributed by atoms with van der Waals surface area (Å²) >= 11 is 11.8. The first kappa shape index (κ1) is 10.3. The van der Waals surface area contributed by atoms with Crippen molar-refractivity contribution in [1.82, 2.24) is 0 Å². The van der Waals surface area contributed by atoms with Gasteiger partial charge in [-0.15, -0.1) is 0 Å². The number of hydrogen-bond donors (Lipinski definition) is 1. The summed E-state index contributed by atoms with van der Waals surface area (Å²) in [5.41, 5.74) is 0.963. The molecular weight excluding hydrogens is 239 g/mol. The van der Waals surface area contributed by atoms with Crippen molar-refractivity contribution in [2.75, 3.05) is 0 Å². The Balaban J connectivity index is 2.67. The van der Waals surface area contributed by atoms with Crippen LogP contribution in [0.5, 0.6) is 0 Å². The Morgan fingerprint density at radius 1 is 1.33 bits per heavy atom. The van der Waals surface area contributed by atoms with Crippen LogP contribution in [-0.4, -0.2) is 11.1 Å². The standard InChI is InChI=1S/C10H6Cl2O3/c11-6-1-2-7(12)10-9(6)5(4-15-10)3-8(13)14/h1-2,4H,3H2,(H,13,14). The van der Waals surface area contributed by atoms with Crippen LogP contribution in [0.1, 0.15) is 5.56 Å². The minimum atomic E-state index is -0.936. The van der Waals surface area contributed by atoms with Gasteiger partial charge in [0.2, 0.25) is 0 Å². The van der Waals surface area contributed by atoms with Gasteiger partial charge in [0.15, 0.2) is 5.58 Å². The molecule has 0 aliphatic heterocycles. The van der Waals surface area contributed by atoms with Gasteiger partial charge in [0.05, 0.1) is 22.7 Å². The molecule has 0 bridgehead atoms. The first-order valence-corrected chi connectivity index (χ1v) is 4.91. The van der Waals surface area contributed by atoms with Crippen molar-refractivity contribution in [3.8, 4) is 0 Å². The Kier molecular flexibility index (Phi) is 2.59. The summed E-state index contributed by atoms with van der Waals surface area (Å²) < 4.78 is 5.18. The van der Waals surface area contributed by atoms with Crippen molar-refractivity contribution in [3.63, 3.8) is 0 Å². The molecule has 0 amide bonds. The van der Waals surface area contributed by atoms with Gasteiger partial charge in [0.1, 0.15) is 0 Å². The number of carbonyl (C=O) groups is 1. The smallest absolute Gasteiger partial charge is 0.307 e. The van der Waals surface area contributed by atoms with E-state index in [0.29, 0.717) is 26.6 Å². The average Bonchev–Trinajstić information content (AvgIpc) is 2.56. The molecule has 2 aromatic rings. The lowest BCUT2D eigenvalue weighted by molar-refractivity contribution is -0.136. The van der Waals surface area contributed by atoms with Crippen molar-refractivity contribution < 1.29 is 14.3 Å². The maximum atomic E-state index is 10.6. The highest BCUT2D eigenvalue weighted by molar-refractivity contribution is 6.40. The number of halogens is 2. The van der Waals surface area contributed by atoms with Crippen LogP contribution < -0.4 is 0 Å². The van der Waals surface area contributed by atoms with Crippen LogP contribution in [0, 0.1) is 0 Å². The van der Waals surface area contributed by atoms with E-state index in [1.807, 2.05) is 0 Å². The number of carboxylic acids is 1. The molecule has 1 N–H and O–H groups in total. The number of benzene rings is 1. The molecule has 1 heterocycles. The Morgan fingerprint density at radius 3 is 2.67 bits per heavy atom. The zero-order valence-corrected chi connectivity index (χ0v) is 8.97. The van der Waals surface area contributed by atoms with Crippen LogP contribution in [0.4, 0.5) is 0 Å². The van der Waals surface area contributed by atoms with Crippen molar-refractivity contribution >= 4 is 40.1 Å². The topological polar surface area (TPSA) is 50.4 Å². The molecule has 2 rings (SSSR count). The Bertz CT molecular complexity index is 531. The summed E-state index contributed by atoms with van der Waals surface area (Å²) in [6.45, 7) is 0. The van der Waals surface area contributed by atoms with E-state index >= 15 is 0 Å². The van der Waals surface area contributed by atoms with Gasteiger partial charge < -0.3 is 9.52 Å². The van der Waals surface area contributed by atoms with E-state index in [9.17, 15) is 4.79 Å². The van der Waals surface area contributed by atoms with Crippen LogP contribution in [0.2, 0.25) is 10.0 Å². The van der Waals surface area contributed by atoms with Gasteiger partial charge in [-0.1, -0.05) is 23.2 Å². The molecule has 5 heteroatoms. The average molecular weight is 245 g/mol. The fourth-order valence-corrected chi connectivity index (χ4v) is 1.90. The normalized spacial score (nSPS) is 10.8. The SMILES string of the molecule is O=C(O)Cc1coc2c(Cl)ccc(Cl)c12. The van der Waals surface area contributed by atoms with Gasteiger partial charge in [-0.2, -0.15) is 0 Å². The number of aliphatic carboxylic acids is 1. The van der Waals surface area contributed by atoms with Crippen LogP contribution in [0.3, 0.4) is 0 Å². The molecule has 0 radical (unpaired) electrons. The van der Waals surface area contributed by atoms with E-state index < -0.39 is 5.97 Å². The molecule has 1 aromatic heterocycles. The minimum Gasteiger partial charge on any atom is -0.481 e. The second-order valence-electron chi connectivity index (χ2n) is 3.06. The third-order valence-corrected chi connectivity index (χ3v) is 2.65. The largest absolute Gasteiger partial charge is 0.481 e. The summed E-state index contributed by atoms with van der Waals surface area (Å²) in [7, 11) is 0. The van der Waals surface area contributed by atoms with E-state index in [1.54, 1.807) is 12.1 Å². The summed E-state index contributed by atoms with van der Waals surface area (Å²) in [4.78, 5) is 10.6. The van der Waals surface area contributed by atoms with E-state index in [0.717, 1.165) is 0 Å². The van der Waals surface area contributed by atoms with Crippen molar-refractivity contribution in [1.29, 1.82) is 0 Å². The molecule has 0 aliphatic rings. The zero-order chi connectivity index (χ0) is 11.0. The second-order valence-corrected chi connectivity index (χ2v) is 3.88. The molecule has 15 heavy (non-hydrogen) atoms. The highest BCUT2D eigenvalue weighted by Crippen LogP contribution is 2.33. The second kappa shape index (κ2) is 3.76. The Morgan fingerprint density at radius 2 is 2.00 bits per heavy atom. The molecule has 0 saturated carbocycles. The quantitative estimate of drug-likeness (QED) is 0.882.